The van der Waals surface area contributed by atoms with E-state index in [0.29, 0.717) is 12.1 Å². The lowest BCUT2D eigenvalue weighted by atomic mass is 9.88. The number of halogens is 1. The van der Waals surface area contributed by atoms with Crippen LogP contribution in [0.25, 0.3) is 0 Å². The Bertz CT molecular complexity index is 1210. The highest BCUT2D eigenvalue weighted by Crippen LogP contribution is 2.45. The van der Waals surface area contributed by atoms with Gasteiger partial charge in [-0.15, -0.1) is 11.3 Å². The molecule has 2 aliphatic rings. The summed E-state index contributed by atoms with van der Waals surface area (Å²) in [6.45, 7) is 0.0157. The number of hydrogen-bond donors (Lipinski definition) is 2. The third kappa shape index (κ3) is 3.91. The van der Waals surface area contributed by atoms with Crippen molar-refractivity contribution in [2.75, 3.05) is 22.1 Å². The van der Waals surface area contributed by atoms with E-state index in [1.54, 1.807) is 23.5 Å². The summed E-state index contributed by atoms with van der Waals surface area (Å²) in [6.07, 6.45) is 2.10. The highest BCUT2D eigenvalue weighted by molar-refractivity contribution is 7.10. The molecule has 1 atom stereocenters. The highest BCUT2D eigenvalue weighted by atomic mass is 32.1. The fourth-order valence-corrected chi connectivity index (χ4v) is 5.28. The van der Waals surface area contributed by atoms with Crippen molar-refractivity contribution < 1.29 is 14.0 Å². The lowest BCUT2D eigenvalue weighted by molar-refractivity contribution is -0.117. The molecule has 2 heterocycles. The number of rotatable bonds is 4. The van der Waals surface area contributed by atoms with Crippen molar-refractivity contribution in [2.24, 2.45) is 0 Å². The van der Waals surface area contributed by atoms with Crippen molar-refractivity contribution >= 4 is 40.1 Å². The molecule has 1 amide bonds. The van der Waals surface area contributed by atoms with E-state index < -0.39 is 5.82 Å². The molecule has 7 heteroatoms. The number of fused-ring (bicyclic) bond motifs is 1. The Morgan fingerprint density at radius 3 is 2.81 bits per heavy atom. The first-order chi connectivity index (χ1) is 15.6. The number of thiophene rings is 1. The van der Waals surface area contributed by atoms with Gasteiger partial charge in [0.05, 0.1) is 24.0 Å². The first-order valence-electron chi connectivity index (χ1n) is 10.6. The number of Topliss-reactive ketones (excluding diaryl/α,β-unsaturated/α-hetero) is 1. The maximum Gasteiger partial charge on any atom is 0.243 e. The SMILES string of the molecule is O=C(CN1c2ccccc2NC2=C(C(=O)CCC2)[C@@H]1c1cccs1)Nc1cccc(F)c1. The van der Waals surface area contributed by atoms with E-state index in [1.165, 1.54) is 12.1 Å². The van der Waals surface area contributed by atoms with E-state index in [-0.39, 0.29) is 24.3 Å². The smallest absolute Gasteiger partial charge is 0.243 e. The van der Waals surface area contributed by atoms with Crippen molar-refractivity contribution in [1.29, 1.82) is 0 Å². The van der Waals surface area contributed by atoms with Crippen LogP contribution >= 0.6 is 11.3 Å². The summed E-state index contributed by atoms with van der Waals surface area (Å²) in [5.74, 6) is -0.578. The van der Waals surface area contributed by atoms with E-state index in [1.807, 2.05) is 46.7 Å². The zero-order chi connectivity index (χ0) is 22.1. The number of nitrogens with one attached hydrogen (secondary N) is 2. The summed E-state index contributed by atoms with van der Waals surface area (Å²) in [6, 6.07) is 17.2. The van der Waals surface area contributed by atoms with E-state index >= 15 is 0 Å². The summed E-state index contributed by atoms with van der Waals surface area (Å²) in [5, 5.41) is 8.26. The van der Waals surface area contributed by atoms with Crippen molar-refractivity contribution in [3.63, 3.8) is 0 Å². The maximum atomic E-state index is 13.6. The average molecular weight is 448 g/mol. The van der Waals surface area contributed by atoms with Crippen LogP contribution < -0.4 is 15.5 Å². The quantitative estimate of drug-likeness (QED) is 0.554. The molecule has 0 radical (unpaired) electrons. The predicted molar refractivity (Wildman–Crippen MR) is 125 cm³/mol. The van der Waals surface area contributed by atoms with Gasteiger partial charge < -0.3 is 15.5 Å². The molecule has 0 unspecified atom stereocenters. The van der Waals surface area contributed by atoms with Gasteiger partial charge in [0.2, 0.25) is 5.91 Å². The summed E-state index contributed by atoms with van der Waals surface area (Å²) in [4.78, 5) is 29.2. The number of hydrogen-bond acceptors (Lipinski definition) is 5. The van der Waals surface area contributed by atoms with Gasteiger partial charge in [0, 0.05) is 28.3 Å². The molecular weight excluding hydrogens is 425 g/mol. The molecule has 32 heavy (non-hydrogen) atoms. The Hall–Kier alpha value is -3.45. The molecule has 2 N–H and O–H groups in total. The van der Waals surface area contributed by atoms with Crippen LogP contribution in [-0.4, -0.2) is 18.2 Å². The van der Waals surface area contributed by atoms with Crippen LogP contribution in [0.2, 0.25) is 0 Å². The topological polar surface area (TPSA) is 61.4 Å². The van der Waals surface area contributed by atoms with Crippen LogP contribution in [0.1, 0.15) is 30.2 Å². The molecular formula is C25H22FN3O2S. The molecule has 0 saturated heterocycles. The number of benzene rings is 2. The standard InChI is InChI=1S/C25H22FN3O2S/c26-16-6-3-7-17(14-16)27-23(31)15-29-20-10-2-1-8-18(20)28-19-9-4-11-21(30)24(19)25(29)22-12-5-13-32-22/h1-3,5-8,10,12-14,25,28H,4,9,11,15H2,(H,27,31)/t25-/m0/s1. The van der Waals surface area contributed by atoms with Crippen molar-refractivity contribution in [3.05, 3.63) is 88.0 Å². The van der Waals surface area contributed by atoms with E-state index in [4.69, 9.17) is 0 Å². The number of carbonyl (C=O) groups is 2. The second-order valence-electron chi connectivity index (χ2n) is 7.92. The maximum absolute atomic E-state index is 13.6. The van der Waals surface area contributed by atoms with E-state index in [0.717, 1.165) is 40.4 Å². The van der Waals surface area contributed by atoms with Gasteiger partial charge in [0.25, 0.3) is 0 Å². The average Bonchev–Trinajstić information content (AvgIpc) is 3.25. The third-order valence-electron chi connectivity index (χ3n) is 5.78. The van der Waals surface area contributed by atoms with Crippen LogP contribution in [0.5, 0.6) is 0 Å². The van der Waals surface area contributed by atoms with Gasteiger partial charge in [-0.05, 0) is 54.6 Å². The van der Waals surface area contributed by atoms with Gasteiger partial charge in [-0.25, -0.2) is 4.39 Å². The zero-order valence-electron chi connectivity index (χ0n) is 17.3. The van der Waals surface area contributed by atoms with Gasteiger partial charge in [-0.1, -0.05) is 24.3 Å². The number of para-hydroxylation sites is 2. The van der Waals surface area contributed by atoms with Crippen molar-refractivity contribution in [2.45, 2.75) is 25.3 Å². The van der Waals surface area contributed by atoms with Gasteiger partial charge in [-0.2, -0.15) is 0 Å². The van der Waals surface area contributed by atoms with Gasteiger partial charge in [-0.3, -0.25) is 9.59 Å². The van der Waals surface area contributed by atoms with Gasteiger partial charge >= 0.3 is 0 Å². The lowest BCUT2D eigenvalue weighted by Crippen LogP contribution is -2.38. The monoisotopic (exact) mass is 447 g/mol. The number of amides is 1. The number of carbonyl (C=O) groups excluding carboxylic acids is 2. The van der Waals surface area contributed by atoms with E-state index in [9.17, 15) is 14.0 Å². The summed E-state index contributed by atoms with van der Waals surface area (Å²) >= 11 is 1.57. The van der Waals surface area contributed by atoms with E-state index in [2.05, 4.69) is 10.6 Å². The summed E-state index contributed by atoms with van der Waals surface area (Å²) in [7, 11) is 0. The Balaban J connectivity index is 1.58. The minimum absolute atomic E-state index is 0.0157. The van der Waals surface area contributed by atoms with Crippen LogP contribution in [0.3, 0.4) is 0 Å². The molecule has 5 rings (SSSR count). The molecule has 1 aliphatic heterocycles. The van der Waals surface area contributed by atoms with Crippen LogP contribution in [-0.2, 0) is 9.59 Å². The molecule has 0 saturated carbocycles. The van der Waals surface area contributed by atoms with Gasteiger partial charge in [0.15, 0.2) is 5.78 Å². The minimum atomic E-state index is -0.411. The molecule has 5 nitrogen and oxygen atoms in total. The zero-order valence-corrected chi connectivity index (χ0v) is 18.1. The second-order valence-corrected chi connectivity index (χ2v) is 8.89. The molecule has 2 aromatic carbocycles. The second kappa shape index (κ2) is 8.59. The fourth-order valence-electron chi connectivity index (χ4n) is 4.44. The Kier molecular flexibility index (Phi) is 5.49. The number of anilines is 3. The normalized spacial score (nSPS) is 17.8. The number of ketones is 1. The third-order valence-corrected chi connectivity index (χ3v) is 6.70. The molecule has 3 aromatic rings. The molecule has 0 bridgehead atoms. The number of nitrogens with zero attached hydrogens (tertiary/aromatic N) is 1. The lowest BCUT2D eigenvalue weighted by Gasteiger charge is -2.34. The Labute approximate surface area is 189 Å². The molecule has 0 spiro atoms. The molecule has 1 aliphatic carbocycles. The fraction of sp³-hybridized carbons (Fsp3) is 0.200. The molecule has 1 aromatic heterocycles. The Morgan fingerprint density at radius 2 is 2.00 bits per heavy atom. The Morgan fingerprint density at radius 1 is 1.12 bits per heavy atom. The van der Waals surface area contributed by atoms with Gasteiger partial charge in [0.1, 0.15) is 5.82 Å². The summed E-state index contributed by atoms with van der Waals surface area (Å²) < 4.78 is 13.6. The van der Waals surface area contributed by atoms with Crippen LogP contribution in [0, 0.1) is 5.82 Å². The van der Waals surface area contributed by atoms with Crippen molar-refractivity contribution in [1.82, 2.24) is 0 Å². The van der Waals surface area contributed by atoms with Crippen LogP contribution in [0.4, 0.5) is 21.5 Å². The molecule has 162 valence electrons. The predicted octanol–water partition coefficient (Wildman–Crippen LogP) is 5.51. The highest BCUT2D eigenvalue weighted by Gasteiger charge is 2.37. The summed E-state index contributed by atoms with van der Waals surface area (Å²) in [5.41, 5.74) is 3.78. The van der Waals surface area contributed by atoms with Crippen LogP contribution in [0.15, 0.2) is 77.3 Å². The first kappa shape index (κ1) is 20.5. The van der Waals surface area contributed by atoms with Crippen molar-refractivity contribution in [3.8, 4) is 0 Å². The number of allylic oxidation sites excluding steroid dienone is 1. The largest absolute Gasteiger partial charge is 0.357 e. The molecule has 0 fully saturated rings. The first-order valence-corrected chi connectivity index (χ1v) is 11.5. The minimum Gasteiger partial charge on any atom is -0.357 e.